The molecule has 0 aliphatic carbocycles. The lowest BCUT2D eigenvalue weighted by Gasteiger charge is -2.25. The molecule has 3 rings (SSSR count). The van der Waals surface area contributed by atoms with E-state index in [-0.39, 0.29) is 30.1 Å². The molecule has 0 spiro atoms. The molecule has 2 atom stereocenters. The van der Waals surface area contributed by atoms with Crippen molar-refractivity contribution in [3.8, 4) is 5.75 Å². The minimum absolute atomic E-state index is 0. The lowest BCUT2D eigenvalue weighted by atomic mass is 10.1. The highest BCUT2D eigenvalue weighted by Gasteiger charge is 2.22. The van der Waals surface area contributed by atoms with Crippen LogP contribution in [0.15, 0.2) is 46.8 Å². The highest BCUT2D eigenvalue weighted by molar-refractivity contribution is 14.0. The van der Waals surface area contributed by atoms with Gasteiger partial charge in [-0.25, -0.2) is 0 Å². The molecule has 0 saturated heterocycles. The second-order valence-corrected chi connectivity index (χ2v) is 7.36. The summed E-state index contributed by atoms with van der Waals surface area (Å²) in [4.78, 5) is 7.91. The van der Waals surface area contributed by atoms with Gasteiger partial charge in [0.05, 0.1) is 12.6 Å². The zero-order valence-electron chi connectivity index (χ0n) is 15.4. The van der Waals surface area contributed by atoms with Crippen LogP contribution < -0.4 is 15.4 Å². The monoisotopic (exact) mass is 486 g/mol. The standard InChI is InChI=1S/C19H26N4OS.HI/c1-20-19(22-13-16(23(2)3)18-9-6-10-25-18)21-12-15-11-14-7-4-5-8-17(14)24-15;/h4-10,15-16H,11-13H2,1-3H3,(H2,20,21,22);1H. The van der Waals surface area contributed by atoms with E-state index in [9.17, 15) is 0 Å². The molecule has 5 nitrogen and oxygen atoms in total. The van der Waals surface area contributed by atoms with Gasteiger partial charge in [-0.15, -0.1) is 35.3 Å². The lowest BCUT2D eigenvalue weighted by Crippen LogP contribution is -2.44. The van der Waals surface area contributed by atoms with E-state index in [0.717, 1.165) is 31.2 Å². The molecule has 0 bridgehead atoms. The van der Waals surface area contributed by atoms with E-state index in [1.165, 1.54) is 10.4 Å². The first-order valence-electron chi connectivity index (χ1n) is 8.56. The van der Waals surface area contributed by atoms with Crippen molar-refractivity contribution in [3.63, 3.8) is 0 Å². The molecule has 1 aromatic carbocycles. The van der Waals surface area contributed by atoms with Gasteiger partial charge < -0.3 is 20.3 Å². The van der Waals surface area contributed by atoms with Crippen molar-refractivity contribution in [3.05, 3.63) is 52.2 Å². The molecule has 7 heteroatoms. The number of nitrogens with one attached hydrogen (secondary N) is 2. The SMILES string of the molecule is CN=C(NCC1Cc2ccccc2O1)NCC(c1cccs1)N(C)C.I. The van der Waals surface area contributed by atoms with Gasteiger partial charge in [-0.2, -0.15) is 0 Å². The van der Waals surface area contributed by atoms with Gasteiger partial charge in [0.2, 0.25) is 0 Å². The van der Waals surface area contributed by atoms with Crippen molar-refractivity contribution in [2.24, 2.45) is 4.99 Å². The van der Waals surface area contributed by atoms with Gasteiger partial charge in [0.25, 0.3) is 0 Å². The Morgan fingerprint density at radius 1 is 1.27 bits per heavy atom. The maximum Gasteiger partial charge on any atom is 0.191 e. The number of ether oxygens (including phenoxy) is 1. The molecule has 1 aliphatic rings. The first-order valence-corrected chi connectivity index (χ1v) is 9.44. The smallest absolute Gasteiger partial charge is 0.191 e. The highest BCUT2D eigenvalue weighted by atomic mass is 127. The molecule has 1 aromatic heterocycles. The summed E-state index contributed by atoms with van der Waals surface area (Å²) >= 11 is 1.78. The van der Waals surface area contributed by atoms with Crippen LogP contribution in [0.1, 0.15) is 16.5 Å². The normalized spacial score (nSPS) is 17.2. The van der Waals surface area contributed by atoms with E-state index in [1.54, 1.807) is 18.4 Å². The van der Waals surface area contributed by atoms with Crippen LogP contribution in [0.25, 0.3) is 0 Å². The number of benzene rings is 1. The van der Waals surface area contributed by atoms with Crippen molar-refractivity contribution in [1.29, 1.82) is 0 Å². The number of halogens is 1. The van der Waals surface area contributed by atoms with Crippen LogP contribution in [0.3, 0.4) is 0 Å². The van der Waals surface area contributed by atoms with Gasteiger partial charge >= 0.3 is 0 Å². The summed E-state index contributed by atoms with van der Waals surface area (Å²) in [6.07, 6.45) is 1.09. The second kappa shape index (κ2) is 10.1. The van der Waals surface area contributed by atoms with Crippen molar-refractivity contribution < 1.29 is 4.74 Å². The Morgan fingerprint density at radius 2 is 2.08 bits per heavy atom. The van der Waals surface area contributed by atoms with Crippen LogP contribution in [-0.4, -0.2) is 51.2 Å². The first kappa shape index (κ1) is 21.0. The largest absolute Gasteiger partial charge is 0.488 e. The number of guanidine groups is 1. The molecule has 0 fully saturated rings. The molecule has 26 heavy (non-hydrogen) atoms. The van der Waals surface area contributed by atoms with Crippen molar-refractivity contribution in [1.82, 2.24) is 15.5 Å². The molecular weight excluding hydrogens is 459 g/mol. The van der Waals surface area contributed by atoms with Gasteiger partial charge in [-0.05, 0) is 37.2 Å². The van der Waals surface area contributed by atoms with Crippen LogP contribution in [0, 0.1) is 0 Å². The van der Waals surface area contributed by atoms with Crippen molar-refractivity contribution in [2.75, 3.05) is 34.2 Å². The number of hydrogen-bond acceptors (Lipinski definition) is 4. The molecular formula is C19H27IN4OS. The summed E-state index contributed by atoms with van der Waals surface area (Å²) in [5, 5.41) is 8.94. The Bertz CT molecular complexity index is 680. The summed E-state index contributed by atoms with van der Waals surface area (Å²) in [5.74, 6) is 1.81. The predicted octanol–water partition coefficient (Wildman–Crippen LogP) is 3.14. The Hall–Kier alpha value is -1.32. The fourth-order valence-electron chi connectivity index (χ4n) is 3.01. The number of aliphatic imine (C=N–C) groups is 1. The van der Waals surface area contributed by atoms with Gasteiger partial charge in [-0.3, -0.25) is 4.99 Å². The maximum absolute atomic E-state index is 5.97. The average molecular weight is 486 g/mol. The van der Waals surface area contributed by atoms with Crippen LogP contribution in [0.2, 0.25) is 0 Å². The molecule has 1 aliphatic heterocycles. The minimum Gasteiger partial charge on any atom is -0.488 e. The quantitative estimate of drug-likeness (QED) is 0.374. The number of nitrogens with zero attached hydrogens (tertiary/aromatic N) is 2. The Labute approximate surface area is 176 Å². The molecule has 142 valence electrons. The fourth-order valence-corrected chi connectivity index (χ4v) is 3.93. The molecule has 2 N–H and O–H groups in total. The number of rotatable bonds is 6. The fraction of sp³-hybridized carbons (Fsp3) is 0.421. The van der Waals surface area contributed by atoms with Crippen LogP contribution in [0.5, 0.6) is 5.75 Å². The Balaban J connectivity index is 0.00000243. The van der Waals surface area contributed by atoms with Gasteiger partial charge in [0.15, 0.2) is 5.96 Å². The van der Waals surface area contributed by atoms with Gasteiger partial charge in [0, 0.05) is 24.9 Å². The summed E-state index contributed by atoms with van der Waals surface area (Å²) in [6, 6.07) is 12.8. The zero-order chi connectivity index (χ0) is 17.6. The number of hydrogen-bond donors (Lipinski definition) is 2. The summed E-state index contributed by atoms with van der Waals surface area (Å²) < 4.78 is 5.97. The third-order valence-corrected chi connectivity index (χ3v) is 5.37. The molecule has 0 radical (unpaired) electrons. The number of fused-ring (bicyclic) bond motifs is 1. The van der Waals surface area contributed by atoms with Gasteiger partial charge in [0.1, 0.15) is 11.9 Å². The zero-order valence-corrected chi connectivity index (χ0v) is 18.6. The van der Waals surface area contributed by atoms with Crippen molar-refractivity contribution >= 4 is 41.3 Å². The Morgan fingerprint density at radius 3 is 2.73 bits per heavy atom. The van der Waals surface area contributed by atoms with Crippen LogP contribution in [-0.2, 0) is 6.42 Å². The van der Waals surface area contributed by atoms with E-state index in [2.05, 4.69) is 64.3 Å². The third-order valence-electron chi connectivity index (χ3n) is 4.39. The molecule has 2 heterocycles. The topological polar surface area (TPSA) is 48.9 Å². The molecule has 0 amide bonds. The van der Waals surface area contributed by atoms with E-state index in [4.69, 9.17) is 4.74 Å². The van der Waals surface area contributed by atoms with Crippen LogP contribution >= 0.6 is 35.3 Å². The van der Waals surface area contributed by atoms with Crippen molar-refractivity contribution in [2.45, 2.75) is 18.6 Å². The average Bonchev–Trinajstić information content (AvgIpc) is 3.26. The number of thiophene rings is 1. The van der Waals surface area contributed by atoms with Gasteiger partial charge in [-0.1, -0.05) is 24.3 Å². The minimum atomic E-state index is 0. The van der Waals surface area contributed by atoms with Crippen LogP contribution in [0.4, 0.5) is 0 Å². The lowest BCUT2D eigenvalue weighted by molar-refractivity contribution is 0.234. The summed E-state index contributed by atoms with van der Waals surface area (Å²) in [7, 11) is 6.01. The predicted molar refractivity (Wildman–Crippen MR) is 120 cm³/mol. The van der Waals surface area contributed by atoms with E-state index in [0.29, 0.717) is 6.04 Å². The van der Waals surface area contributed by atoms with E-state index < -0.39 is 0 Å². The number of para-hydroxylation sites is 1. The third kappa shape index (κ3) is 5.34. The molecule has 2 aromatic rings. The first-order chi connectivity index (χ1) is 12.2. The summed E-state index contributed by atoms with van der Waals surface area (Å²) in [6.45, 7) is 1.54. The highest BCUT2D eigenvalue weighted by Crippen LogP contribution is 2.27. The molecule has 2 unspecified atom stereocenters. The maximum atomic E-state index is 5.97. The summed E-state index contributed by atoms with van der Waals surface area (Å²) in [5.41, 5.74) is 1.28. The second-order valence-electron chi connectivity index (χ2n) is 6.38. The van der Waals surface area contributed by atoms with E-state index in [1.807, 2.05) is 12.1 Å². The Kier molecular flexibility index (Phi) is 8.17. The van der Waals surface area contributed by atoms with E-state index >= 15 is 0 Å². The number of likely N-dealkylation sites (N-methyl/N-ethyl adjacent to an activating group) is 1. The molecule has 0 saturated carbocycles.